The van der Waals surface area contributed by atoms with Gasteiger partial charge in [0, 0.05) is 0 Å². The van der Waals surface area contributed by atoms with Crippen molar-refractivity contribution in [1.82, 2.24) is 4.98 Å². The lowest BCUT2D eigenvalue weighted by Crippen LogP contribution is -2.12. The zero-order valence-corrected chi connectivity index (χ0v) is 11.1. The largest absolute Gasteiger partial charge is 0.444 e. The first-order valence-electron chi connectivity index (χ1n) is 5.95. The van der Waals surface area contributed by atoms with Gasteiger partial charge in [-0.25, -0.2) is 4.98 Å². The number of nitrogens with one attached hydrogen (secondary N) is 2. The molecule has 0 spiro atoms. The number of nitrogen functional groups attached to an aromatic ring is 1. The highest BCUT2D eigenvalue weighted by Crippen LogP contribution is 2.34. The third-order valence-corrected chi connectivity index (χ3v) is 2.76. The van der Waals surface area contributed by atoms with E-state index in [2.05, 4.69) is 15.7 Å². The number of hydrogen-bond donors (Lipinski definition) is 3. The first kappa shape index (κ1) is 13.8. The molecule has 2 aromatic rings. The molecule has 0 saturated carbocycles. The summed E-state index contributed by atoms with van der Waals surface area (Å²) in [6.45, 7) is 3.59. The van der Waals surface area contributed by atoms with Gasteiger partial charge in [-0.1, -0.05) is 6.07 Å². The molecule has 1 unspecified atom stereocenters. The summed E-state index contributed by atoms with van der Waals surface area (Å²) in [7, 11) is 0. The third kappa shape index (κ3) is 2.69. The average Bonchev–Trinajstić information content (AvgIpc) is 2.84. The van der Waals surface area contributed by atoms with Crippen LogP contribution in [-0.4, -0.2) is 9.91 Å². The highest BCUT2D eigenvalue weighted by Gasteiger charge is 2.21. The highest BCUT2D eigenvalue weighted by molar-refractivity contribution is 5.76. The zero-order chi connectivity index (χ0) is 14.7. The minimum Gasteiger partial charge on any atom is -0.444 e. The fourth-order valence-electron chi connectivity index (χ4n) is 1.84. The molecule has 0 amide bonds. The van der Waals surface area contributed by atoms with Crippen LogP contribution in [0.4, 0.5) is 17.1 Å². The van der Waals surface area contributed by atoms with Crippen LogP contribution >= 0.6 is 0 Å². The molecule has 1 aromatic heterocycles. The number of nitro groups is 1. The third-order valence-electron chi connectivity index (χ3n) is 2.76. The predicted octanol–water partition coefficient (Wildman–Crippen LogP) is 2.35. The molecule has 0 aliphatic carbocycles. The molecule has 0 radical (unpaired) electrons. The van der Waals surface area contributed by atoms with Crippen molar-refractivity contribution in [3.63, 3.8) is 0 Å². The summed E-state index contributed by atoms with van der Waals surface area (Å²) < 4.78 is 5.39. The van der Waals surface area contributed by atoms with Crippen LogP contribution in [0.5, 0.6) is 0 Å². The van der Waals surface area contributed by atoms with Crippen molar-refractivity contribution in [2.75, 3.05) is 10.7 Å². The molecule has 2 rings (SSSR count). The van der Waals surface area contributed by atoms with Gasteiger partial charge in [0.15, 0.2) is 0 Å². The number of oxazole rings is 1. The van der Waals surface area contributed by atoms with Crippen LogP contribution in [0.15, 0.2) is 28.8 Å². The first-order valence-corrected chi connectivity index (χ1v) is 5.95. The van der Waals surface area contributed by atoms with Crippen LogP contribution in [0.3, 0.4) is 0 Å². The predicted molar refractivity (Wildman–Crippen MR) is 74.2 cm³/mol. The Morgan fingerprint density at radius 2 is 2.15 bits per heavy atom. The van der Waals surface area contributed by atoms with Crippen molar-refractivity contribution >= 4 is 17.1 Å². The summed E-state index contributed by atoms with van der Waals surface area (Å²) in [5.41, 5.74) is 2.77. The van der Waals surface area contributed by atoms with Crippen LogP contribution < -0.4 is 16.6 Å². The number of para-hydroxylation sites is 1. The van der Waals surface area contributed by atoms with Gasteiger partial charge in [-0.2, -0.15) is 0 Å². The maximum Gasteiger partial charge on any atom is 0.316 e. The van der Waals surface area contributed by atoms with E-state index in [1.807, 2.05) is 0 Å². The minimum absolute atomic E-state index is 0.120. The van der Waals surface area contributed by atoms with Crippen molar-refractivity contribution in [2.24, 2.45) is 5.84 Å². The van der Waals surface area contributed by atoms with Gasteiger partial charge in [0.1, 0.15) is 23.2 Å². The second-order valence-corrected chi connectivity index (χ2v) is 4.28. The second kappa shape index (κ2) is 5.57. The molecule has 8 heteroatoms. The first-order chi connectivity index (χ1) is 9.52. The number of nitro benzene ring substituents is 1. The Balaban J connectivity index is 2.31. The number of aryl methyl sites for hydroxylation is 1. The van der Waals surface area contributed by atoms with Gasteiger partial charge in [0.25, 0.3) is 0 Å². The fourth-order valence-corrected chi connectivity index (χ4v) is 1.84. The topological polar surface area (TPSA) is 119 Å². The van der Waals surface area contributed by atoms with E-state index in [9.17, 15) is 10.1 Å². The number of nitrogens with zero attached hydrogens (tertiary/aromatic N) is 2. The van der Waals surface area contributed by atoms with E-state index in [4.69, 9.17) is 10.3 Å². The van der Waals surface area contributed by atoms with Crippen molar-refractivity contribution in [1.29, 1.82) is 0 Å². The molecule has 0 fully saturated rings. The molecular formula is C12H15N5O3. The van der Waals surface area contributed by atoms with Gasteiger partial charge in [0.05, 0.1) is 11.1 Å². The SMILES string of the molecule is Cc1cnc(C(C)Nc2cccc(NN)c2[N+](=O)[O-])o1. The Kier molecular flexibility index (Phi) is 3.85. The van der Waals surface area contributed by atoms with Gasteiger partial charge in [-0.3, -0.25) is 16.0 Å². The van der Waals surface area contributed by atoms with Gasteiger partial charge in [0.2, 0.25) is 5.89 Å². The normalized spacial score (nSPS) is 11.9. The van der Waals surface area contributed by atoms with E-state index in [1.54, 1.807) is 32.2 Å². The Bertz CT molecular complexity index is 625. The summed E-state index contributed by atoms with van der Waals surface area (Å²) in [4.78, 5) is 14.7. The Labute approximate surface area is 115 Å². The van der Waals surface area contributed by atoms with E-state index >= 15 is 0 Å². The number of anilines is 2. The summed E-state index contributed by atoms with van der Waals surface area (Å²) >= 11 is 0. The van der Waals surface area contributed by atoms with Crippen LogP contribution in [0.2, 0.25) is 0 Å². The Morgan fingerprint density at radius 3 is 2.70 bits per heavy atom. The number of hydrogen-bond acceptors (Lipinski definition) is 7. The standard InChI is InChI=1S/C12H15N5O3/c1-7-6-14-12(20-7)8(2)15-9-4-3-5-10(16-13)11(9)17(18)19/h3-6,8,15-16H,13H2,1-2H3. The van der Waals surface area contributed by atoms with Crippen molar-refractivity contribution in [2.45, 2.75) is 19.9 Å². The maximum absolute atomic E-state index is 11.2. The molecular weight excluding hydrogens is 262 g/mol. The van der Waals surface area contributed by atoms with E-state index in [-0.39, 0.29) is 17.4 Å². The fraction of sp³-hybridized carbons (Fsp3) is 0.250. The molecule has 4 N–H and O–H groups in total. The van der Waals surface area contributed by atoms with E-state index in [0.29, 0.717) is 17.3 Å². The van der Waals surface area contributed by atoms with Gasteiger partial charge >= 0.3 is 5.69 Å². The lowest BCUT2D eigenvalue weighted by molar-refractivity contribution is -0.383. The molecule has 1 atom stereocenters. The highest BCUT2D eigenvalue weighted by atomic mass is 16.6. The molecule has 0 aliphatic heterocycles. The number of aromatic nitrogens is 1. The number of benzene rings is 1. The maximum atomic E-state index is 11.2. The van der Waals surface area contributed by atoms with E-state index < -0.39 is 4.92 Å². The molecule has 8 nitrogen and oxygen atoms in total. The lowest BCUT2D eigenvalue weighted by atomic mass is 10.2. The molecule has 0 saturated heterocycles. The number of hydrazine groups is 1. The van der Waals surface area contributed by atoms with E-state index in [0.717, 1.165) is 0 Å². The summed E-state index contributed by atoms with van der Waals surface area (Å²) in [6.07, 6.45) is 1.60. The Morgan fingerprint density at radius 1 is 1.45 bits per heavy atom. The van der Waals surface area contributed by atoms with Gasteiger partial charge < -0.3 is 15.2 Å². The van der Waals surface area contributed by atoms with Gasteiger partial charge in [-0.05, 0) is 26.0 Å². The zero-order valence-electron chi connectivity index (χ0n) is 11.1. The monoisotopic (exact) mass is 277 g/mol. The average molecular weight is 277 g/mol. The van der Waals surface area contributed by atoms with E-state index in [1.165, 1.54) is 6.07 Å². The minimum atomic E-state index is -0.495. The van der Waals surface area contributed by atoms with Gasteiger partial charge in [-0.15, -0.1) is 0 Å². The lowest BCUT2D eigenvalue weighted by Gasteiger charge is -2.13. The quantitative estimate of drug-likeness (QED) is 0.436. The summed E-state index contributed by atoms with van der Waals surface area (Å²) in [6, 6.07) is 4.49. The van der Waals surface area contributed by atoms with Crippen LogP contribution in [-0.2, 0) is 0 Å². The van der Waals surface area contributed by atoms with Crippen molar-refractivity contribution in [3.8, 4) is 0 Å². The molecule has 20 heavy (non-hydrogen) atoms. The smallest absolute Gasteiger partial charge is 0.316 e. The molecule has 106 valence electrons. The van der Waals surface area contributed by atoms with Crippen LogP contribution in [0, 0.1) is 17.0 Å². The second-order valence-electron chi connectivity index (χ2n) is 4.28. The van der Waals surface area contributed by atoms with Crippen LogP contribution in [0.1, 0.15) is 24.6 Å². The van der Waals surface area contributed by atoms with Crippen LogP contribution in [0.25, 0.3) is 0 Å². The molecule has 1 aromatic carbocycles. The number of rotatable bonds is 5. The molecule has 1 heterocycles. The van der Waals surface area contributed by atoms with Crippen molar-refractivity contribution < 1.29 is 9.34 Å². The molecule has 0 bridgehead atoms. The Hall–Kier alpha value is -2.61. The number of nitrogens with two attached hydrogens (primary N) is 1. The summed E-state index contributed by atoms with van der Waals surface area (Å²) in [5, 5.41) is 14.2. The molecule has 0 aliphatic rings. The van der Waals surface area contributed by atoms with Crippen molar-refractivity contribution in [3.05, 3.63) is 46.2 Å². The summed E-state index contributed by atoms with van der Waals surface area (Å²) in [5.74, 6) is 6.43.